The SMILES string of the molecule is Cc1cc(C)n(CCC(=O)OCc2ccccc2C#N)n1. The van der Waals surface area contributed by atoms with Crippen LogP contribution in [-0.4, -0.2) is 15.7 Å². The Balaban J connectivity index is 1.85. The lowest BCUT2D eigenvalue weighted by atomic mass is 10.1. The predicted octanol–water partition coefficient (Wildman–Crippen LogP) is 2.51. The highest BCUT2D eigenvalue weighted by atomic mass is 16.5. The number of carbonyl (C=O) groups is 1. The van der Waals surface area contributed by atoms with E-state index in [0.29, 0.717) is 12.1 Å². The minimum Gasteiger partial charge on any atom is -0.461 e. The molecule has 0 aliphatic heterocycles. The molecule has 0 fully saturated rings. The number of hydrogen-bond acceptors (Lipinski definition) is 4. The van der Waals surface area contributed by atoms with Crippen LogP contribution in [0.15, 0.2) is 30.3 Å². The Morgan fingerprint density at radius 1 is 1.38 bits per heavy atom. The average Bonchev–Trinajstić information content (AvgIpc) is 2.81. The molecule has 2 rings (SSSR count). The summed E-state index contributed by atoms with van der Waals surface area (Å²) < 4.78 is 7.00. The van der Waals surface area contributed by atoms with E-state index in [4.69, 9.17) is 10.00 Å². The van der Waals surface area contributed by atoms with E-state index in [9.17, 15) is 4.79 Å². The van der Waals surface area contributed by atoms with Crippen LogP contribution in [-0.2, 0) is 22.7 Å². The number of benzene rings is 1. The second-order valence-corrected chi connectivity index (χ2v) is 4.83. The van der Waals surface area contributed by atoms with Gasteiger partial charge in [0.1, 0.15) is 6.61 Å². The number of aromatic nitrogens is 2. The van der Waals surface area contributed by atoms with Crippen LogP contribution in [0.2, 0.25) is 0 Å². The molecule has 1 aromatic carbocycles. The van der Waals surface area contributed by atoms with Crippen LogP contribution in [0, 0.1) is 25.2 Å². The summed E-state index contributed by atoms with van der Waals surface area (Å²) in [6, 6.07) is 11.1. The van der Waals surface area contributed by atoms with Crippen molar-refractivity contribution in [1.82, 2.24) is 9.78 Å². The summed E-state index contributed by atoms with van der Waals surface area (Å²) in [4.78, 5) is 11.8. The number of nitriles is 1. The van der Waals surface area contributed by atoms with Gasteiger partial charge >= 0.3 is 5.97 Å². The third-order valence-electron chi connectivity index (χ3n) is 3.16. The molecule has 1 aromatic heterocycles. The number of esters is 1. The summed E-state index contributed by atoms with van der Waals surface area (Å²) >= 11 is 0. The van der Waals surface area contributed by atoms with Crippen LogP contribution < -0.4 is 0 Å². The van der Waals surface area contributed by atoms with Crippen molar-refractivity contribution < 1.29 is 9.53 Å². The molecule has 0 aliphatic carbocycles. The Labute approximate surface area is 123 Å². The lowest BCUT2D eigenvalue weighted by Crippen LogP contribution is -2.11. The number of aryl methyl sites for hydroxylation is 3. The van der Waals surface area contributed by atoms with E-state index in [-0.39, 0.29) is 19.0 Å². The van der Waals surface area contributed by atoms with E-state index in [1.807, 2.05) is 26.0 Å². The molecule has 2 aromatic rings. The molecule has 5 heteroatoms. The fourth-order valence-electron chi connectivity index (χ4n) is 2.08. The minimum atomic E-state index is -0.296. The number of nitrogens with zero attached hydrogens (tertiary/aromatic N) is 3. The lowest BCUT2D eigenvalue weighted by Gasteiger charge is -2.07. The van der Waals surface area contributed by atoms with E-state index in [2.05, 4.69) is 11.2 Å². The van der Waals surface area contributed by atoms with Gasteiger partial charge < -0.3 is 4.74 Å². The van der Waals surface area contributed by atoms with Gasteiger partial charge in [0.05, 0.1) is 30.3 Å². The van der Waals surface area contributed by atoms with Crippen molar-refractivity contribution in [2.24, 2.45) is 0 Å². The third-order valence-corrected chi connectivity index (χ3v) is 3.16. The molecule has 1 heterocycles. The Morgan fingerprint density at radius 2 is 2.14 bits per heavy atom. The third kappa shape index (κ3) is 3.93. The van der Waals surface area contributed by atoms with Gasteiger partial charge in [-0.2, -0.15) is 10.4 Å². The zero-order chi connectivity index (χ0) is 15.2. The van der Waals surface area contributed by atoms with Crippen molar-refractivity contribution in [1.29, 1.82) is 5.26 Å². The van der Waals surface area contributed by atoms with Crippen molar-refractivity contribution in [3.05, 3.63) is 52.8 Å². The van der Waals surface area contributed by atoms with Crippen molar-refractivity contribution in [3.8, 4) is 6.07 Å². The largest absolute Gasteiger partial charge is 0.461 e. The standard InChI is InChI=1S/C16H17N3O2/c1-12-9-13(2)19(18-12)8-7-16(20)21-11-15-6-4-3-5-14(15)10-17/h3-6,9H,7-8,11H2,1-2H3. The normalized spacial score (nSPS) is 10.1. The summed E-state index contributed by atoms with van der Waals surface area (Å²) in [5, 5.41) is 13.3. The molecule has 21 heavy (non-hydrogen) atoms. The maximum absolute atomic E-state index is 11.8. The fraction of sp³-hybridized carbons (Fsp3) is 0.312. The van der Waals surface area contributed by atoms with Crippen LogP contribution in [0.5, 0.6) is 0 Å². The zero-order valence-electron chi connectivity index (χ0n) is 12.2. The molecule has 0 spiro atoms. The first-order valence-electron chi connectivity index (χ1n) is 6.75. The number of carbonyl (C=O) groups excluding carboxylic acids is 1. The molecular formula is C16H17N3O2. The Morgan fingerprint density at radius 3 is 2.81 bits per heavy atom. The molecule has 5 nitrogen and oxygen atoms in total. The quantitative estimate of drug-likeness (QED) is 0.791. The van der Waals surface area contributed by atoms with Gasteiger partial charge in [0, 0.05) is 11.3 Å². The van der Waals surface area contributed by atoms with Gasteiger partial charge in [-0.15, -0.1) is 0 Å². The van der Waals surface area contributed by atoms with Gasteiger partial charge in [0.2, 0.25) is 0 Å². The van der Waals surface area contributed by atoms with E-state index >= 15 is 0 Å². The van der Waals surface area contributed by atoms with Crippen molar-refractivity contribution in [3.63, 3.8) is 0 Å². The van der Waals surface area contributed by atoms with Crippen molar-refractivity contribution >= 4 is 5.97 Å². The zero-order valence-corrected chi connectivity index (χ0v) is 12.2. The molecule has 0 aliphatic rings. The molecule has 0 saturated heterocycles. The Hall–Kier alpha value is -2.61. The summed E-state index contributed by atoms with van der Waals surface area (Å²) in [6.45, 7) is 4.49. The topological polar surface area (TPSA) is 67.9 Å². The highest BCUT2D eigenvalue weighted by Crippen LogP contribution is 2.09. The smallest absolute Gasteiger partial charge is 0.308 e. The lowest BCUT2D eigenvalue weighted by molar-refractivity contribution is -0.145. The monoisotopic (exact) mass is 283 g/mol. The average molecular weight is 283 g/mol. The minimum absolute atomic E-state index is 0.125. The molecule has 0 amide bonds. The van der Waals surface area contributed by atoms with E-state index in [1.165, 1.54) is 0 Å². The molecule has 0 radical (unpaired) electrons. The van der Waals surface area contributed by atoms with Gasteiger partial charge in [0.15, 0.2) is 0 Å². The van der Waals surface area contributed by atoms with Gasteiger partial charge in [-0.1, -0.05) is 18.2 Å². The molecular weight excluding hydrogens is 266 g/mol. The molecule has 0 atom stereocenters. The fourth-order valence-corrected chi connectivity index (χ4v) is 2.08. The maximum Gasteiger partial charge on any atom is 0.308 e. The van der Waals surface area contributed by atoms with Gasteiger partial charge in [0.25, 0.3) is 0 Å². The first kappa shape index (κ1) is 14.8. The van der Waals surface area contributed by atoms with E-state index in [0.717, 1.165) is 17.0 Å². The second-order valence-electron chi connectivity index (χ2n) is 4.83. The highest BCUT2D eigenvalue weighted by Gasteiger charge is 2.08. The second kappa shape index (κ2) is 6.71. The predicted molar refractivity (Wildman–Crippen MR) is 77.3 cm³/mol. The maximum atomic E-state index is 11.8. The summed E-state index contributed by atoms with van der Waals surface area (Å²) in [7, 11) is 0. The molecule has 0 bridgehead atoms. The number of rotatable bonds is 5. The Kier molecular flexibility index (Phi) is 4.72. The molecule has 0 N–H and O–H groups in total. The molecule has 108 valence electrons. The van der Waals surface area contributed by atoms with Crippen LogP contribution in [0.25, 0.3) is 0 Å². The van der Waals surface area contributed by atoms with Crippen LogP contribution in [0.1, 0.15) is 28.9 Å². The summed E-state index contributed by atoms with van der Waals surface area (Å²) in [5.74, 6) is -0.296. The van der Waals surface area contributed by atoms with Crippen molar-refractivity contribution in [2.75, 3.05) is 0 Å². The van der Waals surface area contributed by atoms with Gasteiger partial charge in [-0.3, -0.25) is 9.48 Å². The first-order valence-corrected chi connectivity index (χ1v) is 6.75. The summed E-state index contributed by atoms with van der Waals surface area (Å²) in [5.41, 5.74) is 3.21. The van der Waals surface area contributed by atoms with Gasteiger partial charge in [-0.05, 0) is 26.0 Å². The molecule has 0 unspecified atom stereocenters. The van der Waals surface area contributed by atoms with Crippen LogP contribution >= 0.6 is 0 Å². The van der Waals surface area contributed by atoms with Crippen molar-refractivity contribution in [2.45, 2.75) is 33.4 Å². The summed E-state index contributed by atoms with van der Waals surface area (Å²) in [6.07, 6.45) is 0.261. The van der Waals surface area contributed by atoms with Gasteiger partial charge in [-0.25, -0.2) is 0 Å². The number of ether oxygens (including phenoxy) is 1. The highest BCUT2D eigenvalue weighted by molar-refractivity contribution is 5.69. The van der Waals surface area contributed by atoms with E-state index in [1.54, 1.807) is 22.9 Å². The Bertz CT molecular complexity index is 683. The van der Waals surface area contributed by atoms with E-state index < -0.39 is 0 Å². The first-order chi connectivity index (χ1) is 10.1. The van der Waals surface area contributed by atoms with Crippen LogP contribution in [0.3, 0.4) is 0 Å². The molecule has 0 saturated carbocycles. The van der Waals surface area contributed by atoms with Crippen LogP contribution in [0.4, 0.5) is 0 Å². The number of hydrogen-bond donors (Lipinski definition) is 0.